The maximum absolute atomic E-state index is 13.7. The molecule has 1 amide bonds. The van der Waals surface area contributed by atoms with Crippen LogP contribution in [0.5, 0.6) is 5.75 Å². The van der Waals surface area contributed by atoms with Crippen molar-refractivity contribution in [2.45, 2.75) is 19.4 Å². The molecule has 1 aromatic carbocycles. The first-order valence-electron chi connectivity index (χ1n) is 8.14. The number of aromatic nitrogens is 1. The number of ether oxygens (including phenoxy) is 1. The van der Waals surface area contributed by atoms with Gasteiger partial charge in [-0.25, -0.2) is 4.39 Å². The molecule has 0 saturated carbocycles. The summed E-state index contributed by atoms with van der Waals surface area (Å²) in [5.41, 5.74) is 5.30. The largest absolute Gasteiger partial charge is 0.490 e. The van der Waals surface area contributed by atoms with Crippen LogP contribution in [0.3, 0.4) is 0 Å². The van der Waals surface area contributed by atoms with Crippen LogP contribution < -0.4 is 20.5 Å². The Bertz CT molecular complexity index is 1070. The lowest BCUT2D eigenvalue weighted by atomic mass is 10.1. The van der Waals surface area contributed by atoms with Gasteiger partial charge in [0.1, 0.15) is 12.4 Å². The third-order valence-electron chi connectivity index (χ3n) is 3.80. The van der Waals surface area contributed by atoms with Crippen LogP contribution in [0.25, 0.3) is 0 Å². The molecule has 0 fully saturated rings. The number of hydrogen-bond acceptors (Lipinski definition) is 6. The number of benzene rings is 1. The number of pyridine rings is 1. The molecule has 0 saturated heterocycles. The molecular formula is C17H18FN5O4S. The first kappa shape index (κ1) is 19.5. The minimum Gasteiger partial charge on any atom is -0.490 e. The Morgan fingerprint density at radius 2 is 2.11 bits per heavy atom. The van der Waals surface area contributed by atoms with Gasteiger partial charge in [0, 0.05) is 6.20 Å². The van der Waals surface area contributed by atoms with Crippen molar-refractivity contribution < 1.29 is 22.3 Å². The lowest BCUT2D eigenvalue weighted by Gasteiger charge is -2.27. The van der Waals surface area contributed by atoms with E-state index in [-0.39, 0.29) is 23.7 Å². The summed E-state index contributed by atoms with van der Waals surface area (Å²) in [4.78, 5) is 15.9. The molecule has 4 N–H and O–H groups in total. The molecule has 3 rings (SSSR count). The summed E-state index contributed by atoms with van der Waals surface area (Å²) in [6.45, 7) is 3.39. The summed E-state index contributed by atoms with van der Waals surface area (Å²) < 4.78 is 48.4. The number of carbonyl (C=O) groups excluding carboxylic acids is 1. The highest BCUT2D eigenvalue weighted by Gasteiger charge is 2.27. The molecule has 1 aromatic heterocycles. The van der Waals surface area contributed by atoms with E-state index in [2.05, 4.69) is 19.4 Å². The molecule has 2 aromatic rings. The quantitative estimate of drug-likeness (QED) is 0.681. The molecule has 1 aliphatic heterocycles. The summed E-state index contributed by atoms with van der Waals surface area (Å²) in [5, 5.41) is 2.68. The van der Waals surface area contributed by atoms with Crippen LogP contribution in [-0.4, -0.2) is 37.3 Å². The normalized spacial score (nSPS) is 15.0. The Labute approximate surface area is 161 Å². The van der Waals surface area contributed by atoms with Gasteiger partial charge >= 0.3 is 10.2 Å². The third-order valence-corrected chi connectivity index (χ3v) is 4.71. The van der Waals surface area contributed by atoms with E-state index in [4.69, 9.17) is 10.5 Å². The van der Waals surface area contributed by atoms with Crippen LogP contribution in [0, 0.1) is 5.82 Å². The minimum atomic E-state index is -3.90. The first-order chi connectivity index (χ1) is 13.1. The summed E-state index contributed by atoms with van der Waals surface area (Å²) in [6.07, 6.45) is 2.28. The van der Waals surface area contributed by atoms with E-state index in [1.54, 1.807) is 26.0 Å². The van der Waals surface area contributed by atoms with Gasteiger partial charge in [0.15, 0.2) is 11.7 Å². The molecule has 1 aliphatic rings. The van der Waals surface area contributed by atoms with Gasteiger partial charge in [0.2, 0.25) is 0 Å². The number of nitrogens with two attached hydrogens (primary N) is 1. The maximum Gasteiger partial charge on any atom is 0.344 e. The van der Waals surface area contributed by atoms with Gasteiger partial charge in [-0.3, -0.25) is 14.5 Å². The van der Waals surface area contributed by atoms with Gasteiger partial charge in [-0.2, -0.15) is 8.42 Å². The Morgan fingerprint density at radius 3 is 2.82 bits per heavy atom. The van der Waals surface area contributed by atoms with Crippen molar-refractivity contribution >= 4 is 27.6 Å². The SMILES string of the molecule is CC(C)(COc1cccc2c1C(N)=NS(=O)(=O)N2)NC(=O)c1ccncc1F. The summed E-state index contributed by atoms with van der Waals surface area (Å²) in [7, 11) is -3.90. The molecule has 148 valence electrons. The van der Waals surface area contributed by atoms with E-state index in [1.807, 2.05) is 0 Å². The van der Waals surface area contributed by atoms with E-state index in [9.17, 15) is 17.6 Å². The zero-order valence-electron chi connectivity index (χ0n) is 15.1. The number of anilines is 1. The van der Waals surface area contributed by atoms with Crippen molar-refractivity contribution in [3.05, 3.63) is 53.6 Å². The number of hydrogen-bond donors (Lipinski definition) is 3. The van der Waals surface area contributed by atoms with Gasteiger partial charge in [-0.1, -0.05) is 6.07 Å². The fourth-order valence-electron chi connectivity index (χ4n) is 2.57. The van der Waals surface area contributed by atoms with E-state index in [1.165, 1.54) is 18.3 Å². The number of amidine groups is 1. The second kappa shape index (κ2) is 7.08. The molecule has 0 radical (unpaired) electrons. The highest BCUT2D eigenvalue weighted by Crippen LogP contribution is 2.30. The number of fused-ring (bicyclic) bond motifs is 1. The second-order valence-corrected chi connectivity index (χ2v) is 8.05. The fraction of sp³-hybridized carbons (Fsp3) is 0.235. The van der Waals surface area contributed by atoms with Crippen molar-refractivity contribution in [2.75, 3.05) is 11.3 Å². The molecule has 0 unspecified atom stereocenters. The van der Waals surface area contributed by atoms with Crippen molar-refractivity contribution in [1.29, 1.82) is 0 Å². The van der Waals surface area contributed by atoms with Crippen LogP contribution >= 0.6 is 0 Å². The second-order valence-electron chi connectivity index (χ2n) is 6.71. The minimum absolute atomic E-state index is 0.00191. The van der Waals surface area contributed by atoms with Gasteiger partial charge in [-0.05, 0) is 32.0 Å². The molecule has 2 heterocycles. The van der Waals surface area contributed by atoms with Crippen LogP contribution in [0.1, 0.15) is 29.8 Å². The molecular weight excluding hydrogens is 389 g/mol. The number of rotatable bonds is 5. The molecule has 28 heavy (non-hydrogen) atoms. The number of nitrogens with zero attached hydrogens (tertiary/aromatic N) is 2. The molecule has 0 aliphatic carbocycles. The summed E-state index contributed by atoms with van der Waals surface area (Å²) in [5.74, 6) is -1.26. The van der Waals surface area contributed by atoms with Crippen molar-refractivity contribution in [3.8, 4) is 5.75 Å². The van der Waals surface area contributed by atoms with Crippen LogP contribution in [0.4, 0.5) is 10.1 Å². The zero-order valence-corrected chi connectivity index (χ0v) is 15.9. The van der Waals surface area contributed by atoms with Gasteiger partial charge < -0.3 is 15.8 Å². The van der Waals surface area contributed by atoms with Crippen molar-refractivity contribution in [3.63, 3.8) is 0 Å². The maximum atomic E-state index is 13.7. The Kier molecular flexibility index (Phi) is 4.94. The predicted molar refractivity (Wildman–Crippen MR) is 101 cm³/mol. The van der Waals surface area contributed by atoms with Gasteiger partial charge in [-0.15, -0.1) is 4.40 Å². The van der Waals surface area contributed by atoms with Gasteiger partial charge in [0.25, 0.3) is 5.91 Å². The predicted octanol–water partition coefficient (Wildman–Crippen LogP) is 1.18. The molecule has 0 bridgehead atoms. The average molecular weight is 407 g/mol. The van der Waals surface area contributed by atoms with Crippen molar-refractivity contribution in [2.24, 2.45) is 10.1 Å². The fourth-order valence-corrected chi connectivity index (χ4v) is 3.41. The Balaban J connectivity index is 1.76. The van der Waals surface area contributed by atoms with Gasteiger partial charge in [0.05, 0.1) is 28.6 Å². The zero-order chi connectivity index (χ0) is 20.5. The van der Waals surface area contributed by atoms with Crippen LogP contribution in [-0.2, 0) is 10.2 Å². The monoisotopic (exact) mass is 407 g/mol. The average Bonchev–Trinajstić information content (AvgIpc) is 2.58. The standard InChI is InChI=1S/C17H18FN5O4S/c1-17(2,21-16(24)10-6-7-20-8-11(10)18)9-27-13-5-3-4-12-14(13)15(19)23-28(25,26)22-12/h3-8,22H,9H2,1-2H3,(H2,19,23)(H,21,24). The topological polar surface area (TPSA) is 136 Å². The highest BCUT2D eigenvalue weighted by atomic mass is 32.2. The number of carbonyl (C=O) groups is 1. The van der Waals surface area contributed by atoms with E-state index >= 15 is 0 Å². The van der Waals surface area contributed by atoms with E-state index in [0.717, 1.165) is 6.20 Å². The smallest absolute Gasteiger partial charge is 0.344 e. The Morgan fingerprint density at radius 1 is 1.36 bits per heavy atom. The summed E-state index contributed by atoms with van der Waals surface area (Å²) in [6, 6.07) is 5.99. The molecule has 0 spiro atoms. The van der Waals surface area contributed by atoms with Crippen LogP contribution in [0.2, 0.25) is 0 Å². The number of amides is 1. The summed E-state index contributed by atoms with van der Waals surface area (Å²) >= 11 is 0. The third kappa shape index (κ3) is 4.19. The number of halogens is 1. The number of nitrogens with one attached hydrogen (secondary N) is 2. The highest BCUT2D eigenvalue weighted by molar-refractivity contribution is 7.91. The molecule has 9 nitrogen and oxygen atoms in total. The Hall–Kier alpha value is -3.21. The lowest BCUT2D eigenvalue weighted by molar-refractivity contribution is 0.0876. The first-order valence-corrected chi connectivity index (χ1v) is 9.58. The van der Waals surface area contributed by atoms with E-state index in [0.29, 0.717) is 11.3 Å². The van der Waals surface area contributed by atoms with Crippen molar-refractivity contribution in [1.82, 2.24) is 10.3 Å². The van der Waals surface area contributed by atoms with Crippen LogP contribution in [0.15, 0.2) is 41.1 Å². The van der Waals surface area contributed by atoms with E-state index < -0.39 is 27.5 Å². The molecule has 11 heteroatoms. The molecule has 0 atom stereocenters. The lowest BCUT2D eigenvalue weighted by Crippen LogP contribution is -2.48.